The molecule has 0 aliphatic rings. The number of ketones is 1. The van der Waals surface area contributed by atoms with Crippen LogP contribution in [0, 0.1) is 6.92 Å². The van der Waals surface area contributed by atoms with Gasteiger partial charge in [0.25, 0.3) is 0 Å². The molecule has 0 spiro atoms. The van der Waals surface area contributed by atoms with Gasteiger partial charge < -0.3 is 9.15 Å². The smallest absolute Gasteiger partial charge is 0.373 e. The van der Waals surface area contributed by atoms with Gasteiger partial charge in [0.2, 0.25) is 5.76 Å². The van der Waals surface area contributed by atoms with Crippen LogP contribution >= 0.6 is 0 Å². The van der Waals surface area contributed by atoms with Gasteiger partial charge >= 0.3 is 5.97 Å². The van der Waals surface area contributed by atoms with Crippen LogP contribution in [-0.4, -0.2) is 33.9 Å². The molecule has 0 radical (unpaired) electrons. The second kappa shape index (κ2) is 5.05. The van der Waals surface area contributed by atoms with Crippen LogP contribution < -0.4 is 0 Å². The third kappa shape index (κ3) is 2.54. The predicted octanol–water partition coefficient (Wildman–Crippen LogP) is 1.22. The van der Waals surface area contributed by atoms with E-state index in [1.807, 2.05) is 0 Å². The van der Waals surface area contributed by atoms with Crippen LogP contribution in [0.1, 0.15) is 39.4 Å². The molecule has 100 valence electrons. The molecule has 2 aromatic rings. The average Bonchev–Trinajstić information content (AvgIpc) is 2.97. The molecule has 0 amide bonds. The zero-order valence-electron chi connectivity index (χ0n) is 10.8. The van der Waals surface area contributed by atoms with Crippen molar-refractivity contribution < 1.29 is 18.7 Å². The van der Waals surface area contributed by atoms with Crippen LogP contribution in [0.3, 0.4) is 0 Å². The highest BCUT2D eigenvalue weighted by molar-refractivity contribution is 5.92. The number of carbonyl (C=O) groups is 2. The third-order valence-electron chi connectivity index (χ3n) is 2.67. The molecule has 0 aromatic carbocycles. The fourth-order valence-corrected chi connectivity index (χ4v) is 1.66. The van der Waals surface area contributed by atoms with Gasteiger partial charge in [-0.3, -0.25) is 4.79 Å². The number of esters is 1. The van der Waals surface area contributed by atoms with E-state index in [0.29, 0.717) is 23.7 Å². The van der Waals surface area contributed by atoms with Crippen molar-refractivity contribution in [1.82, 2.24) is 15.0 Å². The highest BCUT2D eigenvalue weighted by Gasteiger charge is 2.15. The summed E-state index contributed by atoms with van der Waals surface area (Å²) in [4.78, 5) is 22.5. The van der Waals surface area contributed by atoms with Gasteiger partial charge in [-0.1, -0.05) is 5.21 Å². The lowest BCUT2D eigenvalue weighted by Gasteiger charge is -2.00. The molecular formula is C12H13N3O4. The number of rotatable bonds is 4. The minimum atomic E-state index is -0.536. The Morgan fingerprint density at radius 3 is 2.74 bits per heavy atom. The maximum Gasteiger partial charge on any atom is 0.373 e. The Kier molecular flexibility index (Phi) is 3.46. The minimum Gasteiger partial charge on any atom is -0.463 e. The first-order valence-electron chi connectivity index (χ1n) is 5.61. The summed E-state index contributed by atoms with van der Waals surface area (Å²) in [6.45, 7) is 3.48. The number of furan rings is 1. The van der Waals surface area contributed by atoms with E-state index in [0.717, 1.165) is 0 Å². The second-order valence-corrected chi connectivity index (χ2v) is 3.99. The molecule has 0 aliphatic carbocycles. The van der Waals surface area contributed by atoms with Crippen LogP contribution in [0.2, 0.25) is 0 Å². The molecule has 0 fully saturated rings. The predicted molar refractivity (Wildman–Crippen MR) is 63.9 cm³/mol. The molecule has 7 nitrogen and oxygen atoms in total. The number of carbonyl (C=O) groups excluding carboxylic acids is 2. The number of aromatic nitrogens is 3. The summed E-state index contributed by atoms with van der Waals surface area (Å²) >= 11 is 0. The van der Waals surface area contributed by atoms with E-state index in [1.54, 1.807) is 13.0 Å². The molecule has 2 aromatic heterocycles. The van der Waals surface area contributed by atoms with Crippen LogP contribution in [0.25, 0.3) is 0 Å². The summed E-state index contributed by atoms with van der Waals surface area (Å²) in [5.74, 6) is -0.0185. The van der Waals surface area contributed by atoms with E-state index in [9.17, 15) is 9.59 Å². The Bertz CT molecular complexity index is 627. The van der Waals surface area contributed by atoms with Gasteiger partial charge in [0.1, 0.15) is 12.3 Å². The summed E-state index contributed by atoms with van der Waals surface area (Å²) in [7, 11) is 1.28. The van der Waals surface area contributed by atoms with E-state index in [4.69, 9.17) is 4.42 Å². The minimum absolute atomic E-state index is 0.127. The molecule has 0 bridgehead atoms. The van der Waals surface area contributed by atoms with E-state index < -0.39 is 5.97 Å². The lowest BCUT2D eigenvalue weighted by Crippen LogP contribution is -2.04. The van der Waals surface area contributed by atoms with Crippen LogP contribution in [0.4, 0.5) is 0 Å². The van der Waals surface area contributed by atoms with E-state index in [-0.39, 0.29) is 11.5 Å². The average molecular weight is 263 g/mol. The van der Waals surface area contributed by atoms with Gasteiger partial charge in [-0.15, -0.1) is 5.10 Å². The lowest BCUT2D eigenvalue weighted by atomic mass is 10.2. The van der Waals surface area contributed by atoms with Gasteiger partial charge in [-0.05, 0) is 19.1 Å². The van der Waals surface area contributed by atoms with Gasteiger partial charge in [0.05, 0.1) is 12.8 Å². The van der Waals surface area contributed by atoms with Crippen LogP contribution in [-0.2, 0) is 11.3 Å². The molecule has 2 heterocycles. The first kappa shape index (κ1) is 13.0. The standard InChI is InChI=1S/C12H13N3O4/c1-7-11(8(2)16)13-14-15(7)6-9-4-5-10(19-9)12(17)18-3/h4-5H,6H2,1-3H3. The number of ether oxygens (including phenoxy) is 1. The summed E-state index contributed by atoms with van der Waals surface area (Å²) in [6.07, 6.45) is 0. The van der Waals surface area contributed by atoms with Crippen molar-refractivity contribution in [3.63, 3.8) is 0 Å². The largest absolute Gasteiger partial charge is 0.463 e. The number of nitrogens with zero attached hydrogens (tertiary/aromatic N) is 3. The Labute approximate surface area is 109 Å². The van der Waals surface area contributed by atoms with Gasteiger partial charge in [0.15, 0.2) is 11.5 Å². The van der Waals surface area contributed by atoms with E-state index in [1.165, 1.54) is 24.8 Å². The van der Waals surface area contributed by atoms with Crippen molar-refractivity contribution >= 4 is 11.8 Å². The zero-order valence-corrected chi connectivity index (χ0v) is 10.8. The number of hydrogen-bond donors (Lipinski definition) is 0. The fourth-order valence-electron chi connectivity index (χ4n) is 1.66. The summed E-state index contributed by atoms with van der Waals surface area (Å²) in [6, 6.07) is 3.18. The second-order valence-electron chi connectivity index (χ2n) is 3.99. The normalized spacial score (nSPS) is 10.5. The lowest BCUT2D eigenvalue weighted by molar-refractivity contribution is 0.0562. The van der Waals surface area contributed by atoms with Gasteiger partial charge in [-0.25, -0.2) is 9.48 Å². The molecule has 7 heteroatoms. The molecule has 2 rings (SSSR count). The Morgan fingerprint density at radius 1 is 1.42 bits per heavy atom. The quantitative estimate of drug-likeness (QED) is 0.608. The number of Topliss-reactive ketones (excluding diaryl/α,β-unsaturated/α-hetero) is 1. The molecule has 0 unspecified atom stereocenters. The van der Waals surface area contributed by atoms with Crippen LogP contribution in [0.15, 0.2) is 16.5 Å². The Balaban J connectivity index is 2.20. The fraction of sp³-hybridized carbons (Fsp3) is 0.333. The summed E-state index contributed by atoms with van der Waals surface area (Å²) in [5, 5.41) is 7.68. The Morgan fingerprint density at radius 2 is 2.16 bits per heavy atom. The third-order valence-corrected chi connectivity index (χ3v) is 2.67. The van der Waals surface area contributed by atoms with Crippen molar-refractivity contribution in [2.24, 2.45) is 0 Å². The van der Waals surface area contributed by atoms with E-state index in [2.05, 4.69) is 15.0 Å². The molecule has 0 saturated carbocycles. The molecule has 0 saturated heterocycles. The first-order chi connectivity index (χ1) is 9.02. The van der Waals surface area contributed by atoms with Crippen molar-refractivity contribution in [1.29, 1.82) is 0 Å². The summed E-state index contributed by atoms with van der Waals surface area (Å²) < 4.78 is 11.4. The molecule has 0 aliphatic heterocycles. The highest BCUT2D eigenvalue weighted by Crippen LogP contribution is 2.12. The number of hydrogen-bond acceptors (Lipinski definition) is 6. The van der Waals surface area contributed by atoms with Crippen LogP contribution in [0.5, 0.6) is 0 Å². The number of methoxy groups -OCH3 is 1. The molecule has 19 heavy (non-hydrogen) atoms. The van der Waals surface area contributed by atoms with Crippen molar-refractivity contribution in [3.05, 3.63) is 35.0 Å². The topological polar surface area (TPSA) is 87.2 Å². The zero-order chi connectivity index (χ0) is 14.0. The maximum atomic E-state index is 11.3. The van der Waals surface area contributed by atoms with Crippen molar-refractivity contribution in [2.45, 2.75) is 20.4 Å². The first-order valence-corrected chi connectivity index (χ1v) is 5.61. The summed E-state index contributed by atoms with van der Waals surface area (Å²) in [5.41, 5.74) is 0.989. The van der Waals surface area contributed by atoms with Crippen molar-refractivity contribution in [3.8, 4) is 0 Å². The molecule has 0 atom stereocenters. The van der Waals surface area contributed by atoms with Gasteiger partial charge in [-0.2, -0.15) is 0 Å². The SMILES string of the molecule is COC(=O)c1ccc(Cn2nnc(C(C)=O)c2C)o1. The monoisotopic (exact) mass is 263 g/mol. The van der Waals surface area contributed by atoms with Gasteiger partial charge in [0, 0.05) is 6.92 Å². The molecule has 0 N–H and O–H groups in total. The Hall–Kier alpha value is -2.44. The maximum absolute atomic E-state index is 11.3. The highest BCUT2D eigenvalue weighted by atomic mass is 16.5. The van der Waals surface area contributed by atoms with Crippen molar-refractivity contribution in [2.75, 3.05) is 7.11 Å². The van der Waals surface area contributed by atoms with E-state index >= 15 is 0 Å². The molecular weight excluding hydrogens is 250 g/mol.